The summed E-state index contributed by atoms with van der Waals surface area (Å²) in [6.45, 7) is 5.00. The van der Waals surface area contributed by atoms with Gasteiger partial charge < -0.3 is 4.74 Å². The van der Waals surface area contributed by atoms with Crippen LogP contribution in [-0.2, 0) is 6.42 Å². The Balaban J connectivity index is 2.42. The van der Waals surface area contributed by atoms with Gasteiger partial charge in [-0.1, -0.05) is 12.1 Å². The zero-order valence-corrected chi connectivity index (χ0v) is 9.00. The highest BCUT2D eigenvalue weighted by molar-refractivity contribution is 5.86. The largest absolute Gasteiger partial charge is 0.477 e. The van der Waals surface area contributed by atoms with E-state index in [0.29, 0.717) is 0 Å². The van der Waals surface area contributed by atoms with Crippen molar-refractivity contribution in [2.75, 3.05) is 6.61 Å². The number of ether oxygens (including phenoxy) is 1. The highest BCUT2D eigenvalue weighted by Crippen LogP contribution is 2.29. The third kappa shape index (κ3) is 1.21. The predicted octanol–water partition coefficient (Wildman–Crippen LogP) is 2.79. The van der Waals surface area contributed by atoms with E-state index < -0.39 is 0 Å². The minimum atomic E-state index is 0.775. The van der Waals surface area contributed by atoms with E-state index in [1.807, 2.05) is 0 Å². The Kier molecular flexibility index (Phi) is 1.72. The molecule has 1 aromatic carbocycles. The number of nitrogens with zero attached hydrogens (tertiary/aromatic N) is 1. The van der Waals surface area contributed by atoms with Crippen LogP contribution < -0.4 is 4.74 Å². The molecule has 0 amide bonds. The lowest BCUT2D eigenvalue weighted by molar-refractivity contribution is 0.346. The molecule has 2 nitrogen and oxygen atoms in total. The van der Waals surface area contributed by atoms with E-state index in [1.165, 1.54) is 22.1 Å². The normalized spacial score (nSPS) is 14.0. The maximum absolute atomic E-state index is 5.49. The topological polar surface area (TPSA) is 22.1 Å². The van der Waals surface area contributed by atoms with Crippen LogP contribution in [0.15, 0.2) is 18.2 Å². The molecule has 0 saturated carbocycles. The molecule has 0 unspecified atom stereocenters. The van der Waals surface area contributed by atoms with Gasteiger partial charge in [0.05, 0.1) is 12.1 Å². The molecular weight excluding hydrogens is 186 g/mol. The highest BCUT2D eigenvalue weighted by atomic mass is 16.5. The maximum atomic E-state index is 5.49. The van der Waals surface area contributed by atoms with Crippen LogP contribution >= 0.6 is 0 Å². The summed E-state index contributed by atoms with van der Waals surface area (Å²) in [5, 5.41) is 1.26. The van der Waals surface area contributed by atoms with E-state index in [9.17, 15) is 0 Å². The third-order valence-corrected chi connectivity index (χ3v) is 3.05. The molecule has 1 aromatic heterocycles. The van der Waals surface area contributed by atoms with Crippen LogP contribution in [0, 0.1) is 13.8 Å². The number of aryl methyl sites for hydroxylation is 2. The molecule has 15 heavy (non-hydrogen) atoms. The lowest BCUT2D eigenvalue weighted by Gasteiger charge is -2.06. The second-order valence-electron chi connectivity index (χ2n) is 4.15. The fourth-order valence-corrected chi connectivity index (χ4v) is 2.12. The minimum absolute atomic E-state index is 0.775. The van der Waals surface area contributed by atoms with Crippen LogP contribution in [0.2, 0.25) is 0 Å². The molecule has 76 valence electrons. The van der Waals surface area contributed by atoms with Gasteiger partial charge in [-0.2, -0.15) is 0 Å². The molecule has 0 fully saturated rings. The number of hydrogen-bond donors (Lipinski definition) is 0. The van der Waals surface area contributed by atoms with Gasteiger partial charge >= 0.3 is 0 Å². The van der Waals surface area contributed by atoms with Gasteiger partial charge in [-0.3, -0.25) is 0 Å². The third-order valence-electron chi connectivity index (χ3n) is 3.05. The summed E-state index contributed by atoms with van der Waals surface area (Å²) in [4.78, 5) is 4.59. The zero-order valence-electron chi connectivity index (χ0n) is 9.00. The fraction of sp³-hybridized carbons (Fsp3) is 0.308. The minimum Gasteiger partial charge on any atom is -0.477 e. The summed E-state index contributed by atoms with van der Waals surface area (Å²) in [7, 11) is 0. The average molecular weight is 199 g/mol. The quantitative estimate of drug-likeness (QED) is 0.651. The Bertz CT molecular complexity index is 497. The lowest BCUT2D eigenvalue weighted by Crippen LogP contribution is -1.91. The summed E-state index contributed by atoms with van der Waals surface area (Å²) < 4.78 is 5.49. The highest BCUT2D eigenvalue weighted by Gasteiger charge is 2.15. The summed E-state index contributed by atoms with van der Waals surface area (Å²) in [5.74, 6) is 0.830. The fourth-order valence-electron chi connectivity index (χ4n) is 2.12. The molecule has 2 heterocycles. The molecule has 1 aliphatic rings. The number of pyridine rings is 1. The van der Waals surface area contributed by atoms with Crippen molar-refractivity contribution in [3.05, 3.63) is 34.9 Å². The summed E-state index contributed by atoms with van der Waals surface area (Å²) in [6, 6.07) is 6.50. The van der Waals surface area contributed by atoms with E-state index in [2.05, 4.69) is 37.0 Å². The van der Waals surface area contributed by atoms with Gasteiger partial charge in [0.1, 0.15) is 0 Å². The van der Waals surface area contributed by atoms with E-state index >= 15 is 0 Å². The Morgan fingerprint density at radius 2 is 2.00 bits per heavy atom. The van der Waals surface area contributed by atoms with E-state index in [0.717, 1.165) is 24.4 Å². The maximum Gasteiger partial charge on any atom is 0.217 e. The van der Waals surface area contributed by atoms with Crippen molar-refractivity contribution in [2.45, 2.75) is 20.3 Å². The zero-order chi connectivity index (χ0) is 10.4. The first kappa shape index (κ1) is 8.72. The van der Waals surface area contributed by atoms with Crippen LogP contribution in [0.1, 0.15) is 16.7 Å². The molecule has 0 bridgehead atoms. The number of fused-ring (bicyclic) bond motifs is 2. The molecule has 0 aliphatic carbocycles. The Morgan fingerprint density at radius 3 is 2.87 bits per heavy atom. The summed E-state index contributed by atoms with van der Waals surface area (Å²) >= 11 is 0. The monoisotopic (exact) mass is 199 g/mol. The van der Waals surface area contributed by atoms with Gasteiger partial charge in [-0.05, 0) is 31.0 Å². The second kappa shape index (κ2) is 2.96. The Morgan fingerprint density at radius 1 is 1.20 bits per heavy atom. The number of hydrogen-bond acceptors (Lipinski definition) is 2. The first-order valence-corrected chi connectivity index (χ1v) is 5.28. The van der Waals surface area contributed by atoms with E-state index in [1.54, 1.807) is 0 Å². The van der Waals surface area contributed by atoms with Gasteiger partial charge in [-0.25, -0.2) is 4.98 Å². The summed E-state index contributed by atoms with van der Waals surface area (Å²) in [5.41, 5.74) is 4.83. The number of rotatable bonds is 0. The van der Waals surface area contributed by atoms with E-state index in [-0.39, 0.29) is 0 Å². The first-order valence-electron chi connectivity index (χ1n) is 5.28. The van der Waals surface area contributed by atoms with Gasteiger partial charge in [0.15, 0.2) is 0 Å². The van der Waals surface area contributed by atoms with Crippen molar-refractivity contribution in [3.8, 4) is 5.88 Å². The number of aromatic nitrogens is 1. The van der Waals surface area contributed by atoms with Crippen LogP contribution in [0.4, 0.5) is 0 Å². The molecule has 3 rings (SSSR count). The molecule has 2 heteroatoms. The standard InChI is InChI=1S/C13H13NO/c1-8-3-4-9(2)12-11(8)7-10-5-6-15-13(10)14-12/h3-4,7H,5-6H2,1-2H3. The second-order valence-corrected chi connectivity index (χ2v) is 4.15. The number of benzene rings is 1. The smallest absolute Gasteiger partial charge is 0.217 e. The SMILES string of the molecule is Cc1ccc(C)c2nc3c(cc12)CCO3. The van der Waals surface area contributed by atoms with Gasteiger partial charge in [0.25, 0.3) is 0 Å². The summed E-state index contributed by atoms with van der Waals surface area (Å²) in [6.07, 6.45) is 0.992. The lowest BCUT2D eigenvalue weighted by atomic mass is 10.0. The molecule has 0 saturated heterocycles. The molecule has 0 radical (unpaired) electrons. The van der Waals surface area contributed by atoms with Gasteiger partial charge in [0, 0.05) is 17.4 Å². The molecule has 0 N–H and O–H groups in total. The Hall–Kier alpha value is -1.57. The molecule has 0 atom stereocenters. The average Bonchev–Trinajstić information content (AvgIpc) is 2.69. The van der Waals surface area contributed by atoms with Crippen LogP contribution in [0.3, 0.4) is 0 Å². The molecule has 1 aliphatic heterocycles. The molecular formula is C13H13NO. The van der Waals surface area contributed by atoms with E-state index in [4.69, 9.17) is 4.74 Å². The van der Waals surface area contributed by atoms with Crippen LogP contribution in [0.5, 0.6) is 5.88 Å². The van der Waals surface area contributed by atoms with Crippen molar-refractivity contribution in [3.63, 3.8) is 0 Å². The van der Waals surface area contributed by atoms with Gasteiger partial charge in [0.2, 0.25) is 5.88 Å². The molecule has 0 spiro atoms. The van der Waals surface area contributed by atoms with Crippen LogP contribution in [-0.4, -0.2) is 11.6 Å². The van der Waals surface area contributed by atoms with Crippen molar-refractivity contribution < 1.29 is 4.74 Å². The van der Waals surface area contributed by atoms with Crippen molar-refractivity contribution >= 4 is 10.9 Å². The Labute approximate surface area is 88.9 Å². The van der Waals surface area contributed by atoms with Crippen molar-refractivity contribution in [1.29, 1.82) is 0 Å². The first-order chi connectivity index (χ1) is 7.25. The van der Waals surface area contributed by atoms with Crippen LogP contribution in [0.25, 0.3) is 10.9 Å². The van der Waals surface area contributed by atoms with Gasteiger partial charge in [-0.15, -0.1) is 0 Å². The molecule has 2 aromatic rings. The van der Waals surface area contributed by atoms with Crippen molar-refractivity contribution in [2.24, 2.45) is 0 Å². The van der Waals surface area contributed by atoms with Crippen molar-refractivity contribution in [1.82, 2.24) is 4.98 Å². The predicted molar refractivity (Wildman–Crippen MR) is 60.4 cm³/mol.